The Labute approximate surface area is 180 Å². The Kier molecular flexibility index (Phi) is 7.32. The van der Waals surface area contributed by atoms with Crippen molar-refractivity contribution >= 4 is 29.4 Å². The van der Waals surface area contributed by atoms with Crippen LogP contribution in [0.1, 0.15) is 64.0 Å². The Bertz CT molecular complexity index is 822. The van der Waals surface area contributed by atoms with Crippen LogP contribution in [0.2, 0.25) is 0 Å². The average molecular weight is 443 g/mol. The zero-order valence-electron chi connectivity index (χ0n) is 17.5. The quantitative estimate of drug-likeness (QED) is 0.440. The minimum Gasteiger partial charge on any atom is -0.740 e. The summed E-state index contributed by atoms with van der Waals surface area (Å²) in [5.74, 6) is -1.25. The molecule has 2 rings (SSSR count). The second-order valence-corrected chi connectivity index (χ2v) is 8.87. The van der Waals surface area contributed by atoms with Gasteiger partial charge in [-0.05, 0) is 50.2 Å². The van der Waals surface area contributed by atoms with Crippen LogP contribution in [0.4, 0.5) is 13.2 Å². The number of halogens is 3. The molecular formula is C22H27F3NO3S-. The molecule has 4 nitrogen and oxygen atoms in total. The topological polar surface area (TPSA) is 54.5 Å². The van der Waals surface area contributed by atoms with Crippen LogP contribution < -0.4 is 0 Å². The van der Waals surface area contributed by atoms with E-state index in [-0.39, 0.29) is 13.0 Å². The van der Waals surface area contributed by atoms with Gasteiger partial charge in [-0.3, -0.25) is 9.59 Å². The molecule has 1 aliphatic heterocycles. The van der Waals surface area contributed by atoms with Crippen LogP contribution in [0.25, 0.3) is 0 Å². The number of amides is 1. The maximum Gasteiger partial charge on any atom is 0.416 e. The number of hydrogen-bond donors (Lipinski definition) is 0. The second-order valence-electron chi connectivity index (χ2n) is 8.50. The van der Waals surface area contributed by atoms with Gasteiger partial charge in [0.15, 0.2) is 0 Å². The number of hydrogen-bond acceptors (Lipinski definition) is 4. The molecule has 1 fully saturated rings. The van der Waals surface area contributed by atoms with Crippen LogP contribution >= 0.6 is 0 Å². The number of Topliss-reactive ketones (excluding diaryl/α,β-unsaturated/α-hetero) is 1. The predicted octanol–water partition coefficient (Wildman–Crippen LogP) is 4.47. The van der Waals surface area contributed by atoms with E-state index in [0.717, 1.165) is 12.1 Å². The number of rotatable bonds is 8. The van der Waals surface area contributed by atoms with Crippen molar-refractivity contribution in [3.05, 3.63) is 35.4 Å². The van der Waals surface area contributed by atoms with Crippen LogP contribution in [0.3, 0.4) is 0 Å². The Balaban J connectivity index is 2.17. The summed E-state index contributed by atoms with van der Waals surface area (Å²) in [7, 11) is 0. The molecule has 1 saturated heterocycles. The van der Waals surface area contributed by atoms with E-state index in [9.17, 15) is 27.6 Å². The van der Waals surface area contributed by atoms with Crippen LogP contribution in [-0.4, -0.2) is 33.8 Å². The number of alkyl halides is 3. The summed E-state index contributed by atoms with van der Waals surface area (Å²) in [5.41, 5.74) is -2.31. The SMILES string of the molecule is CCC(C)(C)C(=O)C(=O)N1CCCC1(CCCc1cccc(C(F)(F)F)c1)C(=O)[S-]. The largest absolute Gasteiger partial charge is 0.740 e. The van der Waals surface area contributed by atoms with Gasteiger partial charge in [0.25, 0.3) is 5.91 Å². The molecule has 1 aromatic rings. The maximum absolute atomic E-state index is 12.9. The van der Waals surface area contributed by atoms with E-state index in [1.807, 2.05) is 6.92 Å². The van der Waals surface area contributed by atoms with Crippen molar-refractivity contribution in [3.63, 3.8) is 0 Å². The summed E-state index contributed by atoms with van der Waals surface area (Å²) in [4.78, 5) is 39.3. The molecule has 1 amide bonds. The lowest BCUT2D eigenvalue weighted by atomic mass is 9.83. The summed E-state index contributed by atoms with van der Waals surface area (Å²) in [6.45, 7) is 5.47. The van der Waals surface area contributed by atoms with Crippen LogP contribution in [0.5, 0.6) is 0 Å². The minimum absolute atomic E-state index is 0.219. The number of nitrogens with zero attached hydrogens (tertiary/aromatic N) is 1. The summed E-state index contributed by atoms with van der Waals surface area (Å²) >= 11 is 4.96. The highest BCUT2D eigenvalue weighted by atomic mass is 32.1. The fraction of sp³-hybridized carbons (Fsp3) is 0.591. The molecule has 0 aliphatic carbocycles. The van der Waals surface area contributed by atoms with Gasteiger partial charge in [0.1, 0.15) is 0 Å². The van der Waals surface area contributed by atoms with E-state index in [2.05, 4.69) is 0 Å². The third-order valence-electron chi connectivity index (χ3n) is 6.12. The van der Waals surface area contributed by atoms with Crippen LogP contribution in [0, 0.1) is 5.41 Å². The molecule has 1 aromatic carbocycles. The Morgan fingerprint density at radius 3 is 2.43 bits per heavy atom. The van der Waals surface area contributed by atoms with Gasteiger partial charge in [0, 0.05) is 17.1 Å². The van der Waals surface area contributed by atoms with Crippen LogP contribution in [-0.2, 0) is 39.6 Å². The molecule has 0 N–H and O–H groups in total. The first-order valence-corrected chi connectivity index (χ1v) is 10.5. The predicted molar refractivity (Wildman–Crippen MR) is 110 cm³/mol. The first-order chi connectivity index (χ1) is 13.8. The highest BCUT2D eigenvalue weighted by molar-refractivity contribution is 7.77. The number of likely N-dealkylation sites (tertiary alicyclic amines) is 1. The maximum atomic E-state index is 12.9. The van der Waals surface area contributed by atoms with Gasteiger partial charge in [0.05, 0.1) is 11.1 Å². The molecule has 1 heterocycles. The van der Waals surface area contributed by atoms with Gasteiger partial charge in [-0.15, -0.1) is 0 Å². The average Bonchev–Trinajstić information content (AvgIpc) is 3.11. The molecule has 1 aliphatic rings. The normalized spacial score (nSPS) is 19.7. The van der Waals surface area contributed by atoms with Crippen molar-refractivity contribution in [2.45, 2.75) is 71.0 Å². The number of benzene rings is 1. The lowest BCUT2D eigenvalue weighted by Crippen LogP contribution is -2.56. The van der Waals surface area contributed by atoms with Gasteiger partial charge >= 0.3 is 6.18 Å². The Morgan fingerprint density at radius 1 is 1.20 bits per heavy atom. The Morgan fingerprint density at radius 2 is 1.87 bits per heavy atom. The number of carbonyl (C=O) groups is 3. The van der Waals surface area contributed by atoms with Gasteiger partial charge in [-0.25, -0.2) is 0 Å². The fourth-order valence-corrected chi connectivity index (χ4v) is 4.12. The number of aryl methyl sites for hydroxylation is 1. The van der Waals surface area contributed by atoms with E-state index in [1.54, 1.807) is 19.9 Å². The molecular weight excluding hydrogens is 415 g/mol. The number of carbonyl (C=O) groups excluding carboxylic acids is 3. The molecule has 0 spiro atoms. The molecule has 0 radical (unpaired) electrons. The van der Waals surface area contributed by atoms with Crippen molar-refractivity contribution in [1.29, 1.82) is 0 Å². The third-order valence-corrected chi connectivity index (χ3v) is 6.50. The van der Waals surface area contributed by atoms with Crippen molar-refractivity contribution in [2.75, 3.05) is 6.54 Å². The van der Waals surface area contributed by atoms with E-state index >= 15 is 0 Å². The van der Waals surface area contributed by atoms with Gasteiger partial charge in [0.2, 0.25) is 5.78 Å². The van der Waals surface area contributed by atoms with Crippen molar-refractivity contribution in [1.82, 2.24) is 4.90 Å². The number of ketones is 1. The van der Waals surface area contributed by atoms with E-state index in [4.69, 9.17) is 12.6 Å². The zero-order valence-corrected chi connectivity index (χ0v) is 18.3. The molecule has 8 heteroatoms. The second kappa shape index (κ2) is 9.04. The molecule has 0 aromatic heterocycles. The standard InChI is InChI=1S/C22H28F3NO3S/c1-4-20(2,3)17(27)18(28)26-13-7-12-21(26,19(29)30)11-6-9-15-8-5-10-16(14-15)22(23,24)25/h5,8,10,14H,4,6-7,9,11-13H2,1-3H3,(H,29,30)/p-1. The Hall–Kier alpha value is -1.96. The lowest BCUT2D eigenvalue weighted by Gasteiger charge is -2.41. The highest BCUT2D eigenvalue weighted by Gasteiger charge is 2.47. The van der Waals surface area contributed by atoms with E-state index < -0.39 is 39.5 Å². The van der Waals surface area contributed by atoms with Crippen LogP contribution in [0.15, 0.2) is 24.3 Å². The lowest BCUT2D eigenvalue weighted by molar-refractivity contribution is -0.153. The first kappa shape index (κ1) is 24.3. The smallest absolute Gasteiger partial charge is 0.416 e. The molecule has 30 heavy (non-hydrogen) atoms. The van der Waals surface area contributed by atoms with Gasteiger partial charge < -0.3 is 22.3 Å². The molecule has 1 unspecified atom stereocenters. The fourth-order valence-electron chi connectivity index (χ4n) is 3.81. The summed E-state index contributed by atoms with van der Waals surface area (Å²) < 4.78 is 38.7. The molecule has 166 valence electrons. The van der Waals surface area contributed by atoms with Crippen molar-refractivity contribution < 1.29 is 27.6 Å². The van der Waals surface area contributed by atoms with E-state index in [0.29, 0.717) is 37.7 Å². The summed E-state index contributed by atoms with van der Waals surface area (Å²) in [6, 6.07) is 5.05. The molecule has 0 bridgehead atoms. The minimum atomic E-state index is -4.42. The summed E-state index contributed by atoms with van der Waals surface area (Å²) in [5, 5.41) is -0.598. The zero-order chi connectivity index (χ0) is 22.7. The van der Waals surface area contributed by atoms with Crippen molar-refractivity contribution in [3.8, 4) is 0 Å². The highest BCUT2D eigenvalue weighted by Crippen LogP contribution is 2.37. The summed E-state index contributed by atoms with van der Waals surface area (Å²) in [6.07, 6.45) is -2.12. The van der Waals surface area contributed by atoms with Gasteiger partial charge in [-0.2, -0.15) is 13.2 Å². The van der Waals surface area contributed by atoms with E-state index in [1.165, 1.54) is 11.0 Å². The molecule has 0 saturated carbocycles. The van der Waals surface area contributed by atoms with Gasteiger partial charge in [-0.1, -0.05) is 39.0 Å². The first-order valence-electron chi connectivity index (χ1n) is 10.1. The third kappa shape index (κ3) is 5.02. The van der Waals surface area contributed by atoms with Crippen molar-refractivity contribution in [2.24, 2.45) is 5.41 Å². The molecule has 1 atom stereocenters. The monoisotopic (exact) mass is 442 g/mol.